The Hall–Kier alpha value is -0.610. The van der Waals surface area contributed by atoms with Crippen LogP contribution in [0.15, 0.2) is 23.1 Å². The van der Waals surface area contributed by atoms with Crippen molar-refractivity contribution in [2.75, 3.05) is 12.4 Å². The molecule has 0 spiro atoms. The van der Waals surface area contributed by atoms with Crippen LogP contribution >= 0.6 is 11.8 Å². The topological polar surface area (TPSA) is 20.2 Å². The number of rotatable bonds is 4. The third-order valence-corrected chi connectivity index (χ3v) is 2.57. The van der Waals surface area contributed by atoms with Crippen molar-refractivity contribution in [3.63, 3.8) is 0 Å². The Morgan fingerprint density at radius 2 is 2.08 bits per heavy atom. The summed E-state index contributed by atoms with van der Waals surface area (Å²) in [4.78, 5) is 0.299. The van der Waals surface area contributed by atoms with Crippen molar-refractivity contribution < 1.29 is 13.9 Å². The van der Waals surface area contributed by atoms with Gasteiger partial charge >= 0.3 is 0 Å². The van der Waals surface area contributed by atoms with Crippen LogP contribution in [0.4, 0.5) is 8.78 Å². The molecule has 4 heteroatoms. The second-order valence-corrected chi connectivity index (χ2v) is 3.64. The van der Waals surface area contributed by atoms with Gasteiger partial charge < -0.3 is 5.11 Å². The zero-order chi connectivity index (χ0) is 9.68. The van der Waals surface area contributed by atoms with Crippen LogP contribution in [-0.2, 0) is 0 Å². The van der Waals surface area contributed by atoms with Gasteiger partial charge in [-0.3, -0.25) is 0 Å². The second-order valence-electron chi connectivity index (χ2n) is 2.50. The highest BCUT2D eigenvalue weighted by Gasteiger charge is 2.03. The maximum absolute atomic E-state index is 12.9. The van der Waals surface area contributed by atoms with E-state index in [9.17, 15) is 8.78 Å². The van der Waals surface area contributed by atoms with E-state index in [-0.39, 0.29) is 6.61 Å². The van der Waals surface area contributed by atoms with Gasteiger partial charge in [-0.2, -0.15) is 0 Å². The molecule has 0 heterocycles. The first-order chi connectivity index (χ1) is 6.24. The monoisotopic (exact) mass is 204 g/mol. The molecular weight excluding hydrogens is 194 g/mol. The largest absolute Gasteiger partial charge is 0.396 e. The van der Waals surface area contributed by atoms with Gasteiger partial charge in [0.25, 0.3) is 0 Å². The fourth-order valence-corrected chi connectivity index (χ4v) is 1.73. The van der Waals surface area contributed by atoms with Crippen LogP contribution in [0.1, 0.15) is 6.42 Å². The molecular formula is C9H10F2OS. The van der Waals surface area contributed by atoms with Gasteiger partial charge in [0.15, 0.2) is 0 Å². The number of aliphatic hydroxyl groups is 1. The number of thioether (sulfide) groups is 1. The predicted molar refractivity (Wildman–Crippen MR) is 48.8 cm³/mol. The third kappa shape index (κ3) is 3.32. The number of aliphatic hydroxyl groups excluding tert-OH is 1. The summed E-state index contributed by atoms with van der Waals surface area (Å²) in [6.45, 7) is 0.0733. The molecule has 0 saturated heterocycles. The highest BCUT2D eigenvalue weighted by molar-refractivity contribution is 7.99. The minimum Gasteiger partial charge on any atom is -0.396 e. The Kier molecular flexibility index (Phi) is 4.18. The first kappa shape index (κ1) is 10.5. The van der Waals surface area contributed by atoms with Crippen molar-refractivity contribution >= 4 is 11.8 Å². The van der Waals surface area contributed by atoms with E-state index in [1.165, 1.54) is 11.8 Å². The number of benzene rings is 1. The van der Waals surface area contributed by atoms with Crippen LogP contribution in [0.25, 0.3) is 0 Å². The van der Waals surface area contributed by atoms with E-state index < -0.39 is 11.6 Å². The molecule has 1 N–H and O–H groups in total. The molecule has 1 aromatic carbocycles. The van der Waals surface area contributed by atoms with E-state index in [2.05, 4.69) is 0 Å². The standard InChI is InChI=1S/C9H10F2OS/c10-7-2-3-8(11)9(6-7)13-5-1-4-12/h2-3,6,12H,1,4-5H2. The molecule has 13 heavy (non-hydrogen) atoms. The summed E-state index contributed by atoms with van der Waals surface area (Å²) in [7, 11) is 0. The molecule has 0 radical (unpaired) electrons. The van der Waals surface area contributed by atoms with Crippen molar-refractivity contribution in [3.8, 4) is 0 Å². The lowest BCUT2D eigenvalue weighted by Crippen LogP contribution is -1.88. The average Bonchev–Trinajstić information content (AvgIpc) is 2.11. The van der Waals surface area contributed by atoms with Crippen LogP contribution in [0, 0.1) is 11.6 Å². The molecule has 0 amide bonds. The lowest BCUT2D eigenvalue weighted by atomic mass is 10.3. The molecule has 72 valence electrons. The van der Waals surface area contributed by atoms with E-state index in [1.807, 2.05) is 0 Å². The van der Waals surface area contributed by atoms with Gasteiger partial charge in [0.05, 0.1) is 0 Å². The SMILES string of the molecule is OCCCSc1cc(F)ccc1F. The lowest BCUT2D eigenvalue weighted by Gasteiger charge is -2.01. The smallest absolute Gasteiger partial charge is 0.136 e. The van der Waals surface area contributed by atoms with Gasteiger partial charge in [0.2, 0.25) is 0 Å². The summed E-state index contributed by atoms with van der Waals surface area (Å²) in [5.74, 6) is -0.256. The molecule has 0 saturated carbocycles. The lowest BCUT2D eigenvalue weighted by molar-refractivity contribution is 0.296. The molecule has 0 bridgehead atoms. The molecule has 0 unspecified atom stereocenters. The van der Waals surface area contributed by atoms with Gasteiger partial charge in [0.1, 0.15) is 11.6 Å². The van der Waals surface area contributed by atoms with E-state index >= 15 is 0 Å². The average molecular weight is 204 g/mol. The Morgan fingerprint density at radius 3 is 2.77 bits per heavy atom. The fraction of sp³-hybridized carbons (Fsp3) is 0.333. The molecule has 0 atom stereocenters. The third-order valence-electron chi connectivity index (χ3n) is 1.45. The fourth-order valence-electron chi connectivity index (χ4n) is 0.834. The Bertz CT molecular complexity index is 278. The van der Waals surface area contributed by atoms with E-state index in [1.54, 1.807) is 0 Å². The van der Waals surface area contributed by atoms with E-state index in [0.29, 0.717) is 17.1 Å². The highest BCUT2D eigenvalue weighted by atomic mass is 32.2. The zero-order valence-corrected chi connectivity index (χ0v) is 7.78. The van der Waals surface area contributed by atoms with Crippen LogP contribution in [-0.4, -0.2) is 17.5 Å². The maximum Gasteiger partial charge on any atom is 0.136 e. The predicted octanol–water partition coefficient (Wildman–Crippen LogP) is 2.44. The van der Waals surface area contributed by atoms with Gasteiger partial charge in [0, 0.05) is 17.3 Å². The Labute approximate surface area is 79.8 Å². The highest BCUT2D eigenvalue weighted by Crippen LogP contribution is 2.22. The van der Waals surface area contributed by atoms with Crippen molar-refractivity contribution in [2.24, 2.45) is 0 Å². The molecule has 0 aliphatic rings. The zero-order valence-electron chi connectivity index (χ0n) is 6.96. The molecule has 1 nitrogen and oxygen atoms in total. The first-order valence-corrected chi connectivity index (χ1v) is 4.91. The number of halogens is 2. The van der Waals surface area contributed by atoms with Gasteiger partial charge in [-0.1, -0.05) is 0 Å². The first-order valence-electron chi connectivity index (χ1n) is 3.93. The summed E-state index contributed by atoms with van der Waals surface area (Å²) >= 11 is 1.21. The quantitative estimate of drug-likeness (QED) is 0.600. The van der Waals surface area contributed by atoms with Gasteiger partial charge in [-0.05, 0) is 24.6 Å². The summed E-state index contributed by atoms with van der Waals surface area (Å²) in [5, 5.41) is 8.49. The molecule has 1 aromatic rings. The second kappa shape index (κ2) is 5.19. The van der Waals surface area contributed by atoms with Crippen LogP contribution in [0.3, 0.4) is 0 Å². The normalized spacial score (nSPS) is 10.4. The minimum absolute atomic E-state index is 0.0733. The maximum atomic E-state index is 12.9. The Balaban J connectivity index is 2.59. The van der Waals surface area contributed by atoms with Crippen molar-refractivity contribution in [1.82, 2.24) is 0 Å². The minimum atomic E-state index is -0.437. The van der Waals surface area contributed by atoms with Crippen molar-refractivity contribution in [3.05, 3.63) is 29.8 Å². The van der Waals surface area contributed by atoms with E-state index in [4.69, 9.17) is 5.11 Å². The number of hydrogen-bond acceptors (Lipinski definition) is 2. The van der Waals surface area contributed by atoms with Crippen LogP contribution < -0.4 is 0 Å². The molecule has 1 rings (SSSR count). The summed E-state index contributed by atoms with van der Waals surface area (Å²) in [6, 6.07) is 3.36. The summed E-state index contributed by atoms with van der Waals surface area (Å²) in [6.07, 6.45) is 0.584. The molecule has 0 fully saturated rings. The van der Waals surface area contributed by atoms with Crippen molar-refractivity contribution in [1.29, 1.82) is 0 Å². The van der Waals surface area contributed by atoms with Crippen molar-refractivity contribution in [2.45, 2.75) is 11.3 Å². The summed E-state index contributed by atoms with van der Waals surface area (Å²) < 4.78 is 25.6. The molecule has 0 aliphatic heterocycles. The number of hydrogen-bond donors (Lipinski definition) is 1. The Morgan fingerprint density at radius 1 is 1.31 bits per heavy atom. The molecule has 0 aromatic heterocycles. The van der Waals surface area contributed by atoms with Crippen LogP contribution in [0.5, 0.6) is 0 Å². The van der Waals surface area contributed by atoms with Gasteiger partial charge in [-0.25, -0.2) is 8.78 Å². The van der Waals surface area contributed by atoms with Gasteiger partial charge in [-0.15, -0.1) is 11.8 Å². The summed E-state index contributed by atoms with van der Waals surface area (Å²) in [5.41, 5.74) is 0. The van der Waals surface area contributed by atoms with E-state index in [0.717, 1.165) is 18.2 Å². The van der Waals surface area contributed by atoms with Crippen LogP contribution in [0.2, 0.25) is 0 Å². The molecule has 0 aliphatic carbocycles.